The number of carbonyl (C=O) groups excluding carboxylic acids is 1. The summed E-state index contributed by atoms with van der Waals surface area (Å²) in [7, 11) is 1.25. The molecule has 9 heteroatoms. The van der Waals surface area contributed by atoms with Crippen molar-refractivity contribution in [3.05, 3.63) is 60.8 Å². The molecular formula is C76H145N2O6P. The molecule has 0 aliphatic carbocycles. The first-order valence-corrected chi connectivity index (χ1v) is 38.6. The molecule has 3 atom stereocenters. The Labute approximate surface area is 530 Å². The zero-order chi connectivity index (χ0) is 61.9. The third kappa shape index (κ3) is 69.5. The molecule has 0 spiro atoms. The molecule has 0 saturated carbocycles. The summed E-state index contributed by atoms with van der Waals surface area (Å²) in [6.45, 7) is 4.66. The summed E-state index contributed by atoms with van der Waals surface area (Å²) in [5.74, 6) is -0.205. The molecule has 0 aliphatic heterocycles. The Bertz CT molecular complexity index is 1570. The lowest BCUT2D eigenvalue weighted by Crippen LogP contribution is -2.45. The maximum absolute atomic E-state index is 13.0. The number of aliphatic hydroxyl groups is 1. The Morgan fingerprint density at radius 1 is 0.412 bits per heavy atom. The van der Waals surface area contributed by atoms with Gasteiger partial charge in [0.05, 0.1) is 39.9 Å². The summed E-state index contributed by atoms with van der Waals surface area (Å²) in [6, 6.07) is -0.912. The molecule has 0 rings (SSSR count). The van der Waals surface area contributed by atoms with E-state index in [1.165, 1.54) is 295 Å². The van der Waals surface area contributed by atoms with Crippen LogP contribution in [-0.4, -0.2) is 68.5 Å². The number of likely N-dealkylation sites (N-methyl/N-ethyl adjacent to an activating group) is 1. The highest BCUT2D eigenvalue weighted by atomic mass is 31.2. The van der Waals surface area contributed by atoms with Crippen LogP contribution in [0.25, 0.3) is 0 Å². The van der Waals surface area contributed by atoms with Gasteiger partial charge in [-0.15, -0.1) is 0 Å². The molecule has 0 fully saturated rings. The van der Waals surface area contributed by atoms with Gasteiger partial charge in [0.2, 0.25) is 5.91 Å². The van der Waals surface area contributed by atoms with Gasteiger partial charge in [0.1, 0.15) is 13.2 Å². The van der Waals surface area contributed by atoms with Crippen LogP contribution >= 0.6 is 7.82 Å². The number of carbonyl (C=O) groups is 1. The van der Waals surface area contributed by atoms with Crippen LogP contribution in [0.3, 0.4) is 0 Å². The number of nitrogens with one attached hydrogen (secondary N) is 1. The van der Waals surface area contributed by atoms with Gasteiger partial charge in [-0.1, -0.05) is 344 Å². The number of phosphoric ester groups is 1. The number of hydrogen-bond acceptors (Lipinski definition) is 6. The second-order valence-corrected chi connectivity index (χ2v) is 28.0. The number of quaternary nitrogens is 1. The van der Waals surface area contributed by atoms with Gasteiger partial charge in [0.15, 0.2) is 0 Å². The van der Waals surface area contributed by atoms with Gasteiger partial charge in [-0.3, -0.25) is 9.36 Å². The Morgan fingerprint density at radius 2 is 0.694 bits per heavy atom. The van der Waals surface area contributed by atoms with E-state index in [0.29, 0.717) is 17.4 Å². The minimum atomic E-state index is -4.62. The third-order valence-electron chi connectivity index (χ3n) is 16.9. The number of amides is 1. The summed E-state index contributed by atoms with van der Waals surface area (Å²) in [6.07, 6.45) is 92.3. The Hall–Kier alpha value is -1.80. The smallest absolute Gasteiger partial charge is 0.268 e. The van der Waals surface area contributed by atoms with Crippen LogP contribution in [-0.2, 0) is 18.4 Å². The van der Waals surface area contributed by atoms with Crippen molar-refractivity contribution in [2.45, 2.75) is 379 Å². The van der Waals surface area contributed by atoms with Crippen molar-refractivity contribution in [3.63, 3.8) is 0 Å². The number of allylic oxidation sites excluding steroid dienone is 9. The van der Waals surface area contributed by atoms with Crippen LogP contribution in [0.2, 0.25) is 0 Å². The van der Waals surface area contributed by atoms with Gasteiger partial charge in [0.25, 0.3) is 7.82 Å². The van der Waals surface area contributed by atoms with Crippen molar-refractivity contribution in [1.82, 2.24) is 5.32 Å². The molecule has 0 radical (unpaired) electrons. The monoisotopic (exact) mass is 1210 g/mol. The highest BCUT2D eigenvalue weighted by Crippen LogP contribution is 2.38. The summed E-state index contributed by atoms with van der Waals surface area (Å²) in [4.78, 5) is 25.6. The minimum absolute atomic E-state index is 0.00855. The van der Waals surface area contributed by atoms with Gasteiger partial charge in [0, 0.05) is 6.42 Å². The van der Waals surface area contributed by atoms with E-state index >= 15 is 0 Å². The van der Waals surface area contributed by atoms with Gasteiger partial charge in [-0.25, -0.2) is 0 Å². The van der Waals surface area contributed by atoms with E-state index in [2.05, 4.69) is 67.8 Å². The maximum Gasteiger partial charge on any atom is 0.268 e. The summed E-state index contributed by atoms with van der Waals surface area (Å²) < 4.78 is 23.5. The Morgan fingerprint density at radius 3 is 1.02 bits per heavy atom. The molecule has 2 N–H and O–H groups in total. The average Bonchev–Trinajstić information content (AvgIpc) is 3.48. The lowest BCUT2D eigenvalue weighted by atomic mass is 10.0. The minimum Gasteiger partial charge on any atom is -0.756 e. The zero-order valence-electron chi connectivity index (χ0n) is 57.3. The van der Waals surface area contributed by atoms with Gasteiger partial charge in [-0.2, -0.15) is 0 Å². The van der Waals surface area contributed by atoms with Crippen LogP contribution in [0.5, 0.6) is 0 Å². The predicted octanol–water partition coefficient (Wildman–Crippen LogP) is 23.3. The van der Waals surface area contributed by atoms with Gasteiger partial charge < -0.3 is 28.8 Å². The van der Waals surface area contributed by atoms with E-state index in [4.69, 9.17) is 9.05 Å². The fourth-order valence-electron chi connectivity index (χ4n) is 11.2. The van der Waals surface area contributed by atoms with Crippen molar-refractivity contribution >= 4 is 13.7 Å². The average molecular weight is 1210 g/mol. The molecule has 0 bridgehead atoms. The van der Waals surface area contributed by atoms with E-state index in [1.807, 2.05) is 27.2 Å². The van der Waals surface area contributed by atoms with Crippen LogP contribution in [0.15, 0.2) is 60.8 Å². The molecular weight excluding hydrogens is 1070 g/mol. The van der Waals surface area contributed by atoms with E-state index in [9.17, 15) is 19.4 Å². The quantitative estimate of drug-likeness (QED) is 0.0272. The molecule has 500 valence electrons. The number of unbranched alkanes of at least 4 members (excludes halogenated alkanes) is 48. The highest BCUT2D eigenvalue weighted by Gasteiger charge is 2.23. The first-order valence-electron chi connectivity index (χ1n) is 37.2. The molecule has 0 aromatic heterocycles. The molecule has 0 aromatic carbocycles. The Balaban J connectivity index is 4.05. The second-order valence-electron chi connectivity index (χ2n) is 26.6. The summed E-state index contributed by atoms with van der Waals surface area (Å²) in [5.41, 5.74) is 0. The molecule has 3 unspecified atom stereocenters. The van der Waals surface area contributed by atoms with E-state index in [0.717, 1.165) is 51.4 Å². The molecule has 0 aliphatic rings. The topological polar surface area (TPSA) is 108 Å². The van der Waals surface area contributed by atoms with E-state index in [-0.39, 0.29) is 12.5 Å². The molecule has 85 heavy (non-hydrogen) atoms. The molecule has 8 nitrogen and oxygen atoms in total. The number of aliphatic hydroxyl groups excluding tert-OH is 1. The predicted molar refractivity (Wildman–Crippen MR) is 371 cm³/mol. The first-order chi connectivity index (χ1) is 41.5. The van der Waals surface area contributed by atoms with Crippen molar-refractivity contribution in [3.8, 4) is 0 Å². The number of rotatable bonds is 69. The van der Waals surface area contributed by atoms with E-state index < -0.39 is 26.6 Å². The maximum atomic E-state index is 13.0. The summed E-state index contributed by atoms with van der Waals surface area (Å²) >= 11 is 0. The van der Waals surface area contributed by atoms with Crippen LogP contribution in [0, 0.1) is 0 Å². The Kier molecular flexibility index (Phi) is 65.2. The molecule has 0 aromatic rings. The lowest BCUT2D eigenvalue weighted by Gasteiger charge is -2.29. The lowest BCUT2D eigenvalue weighted by molar-refractivity contribution is -0.870. The standard InChI is InChI=1S/C76H145N2O6P/c1-6-8-10-12-14-16-18-20-22-24-26-28-30-32-34-36-37-38-39-40-41-42-44-46-48-50-52-54-56-58-60-62-64-66-68-70-76(80)77-74(73-84-85(81,82)83-72-71-78(3,4)5)75(79)69-67-65-63-61-59-57-55-53-51-49-47-45-43-35-33-31-29-27-25-23-21-19-17-15-13-11-9-7-2/h18,20,24,26,51,53,59,61,67,69,74-75,79H,6-17,19,21-23,25,27-50,52,54-58,60,62-66,68,70-73H2,1-5H3,(H-,77,80,81,82)/b20-18-,26-24-,53-51+,61-59+,69-67+. The number of phosphoric acid groups is 1. The van der Waals surface area contributed by atoms with Crippen molar-refractivity contribution in [1.29, 1.82) is 0 Å². The second kappa shape index (κ2) is 66.6. The van der Waals surface area contributed by atoms with Crippen molar-refractivity contribution in [2.75, 3.05) is 40.9 Å². The fourth-order valence-corrected chi connectivity index (χ4v) is 11.9. The van der Waals surface area contributed by atoms with Crippen molar-refractivity contribution in [2.24, 2.45) is 0 Å². The molecule has 0 saturated heterocycles. The van der Waals surface area contributed by atoms with Crippen LogP contribution in [0.1, 0.15) is 367 Å². The molecule has 1 amide bonds. The van der Waals surface area contributed by atoms with Gasteiger partial charge >= 0.3 is 0 Å². The highest BCUT2D eigenvalue weighted by molar-refractivity contribution is 7.45. The van der Waals surface area contributed by atoms with Crippen LogP contribution in [0.4, 0.5) is 0 Å². The van der Waals surface area contributed by atoms with Gasteiger partial charge in [-0.05, 0) is 77.0 Å². The normalized spacial score (nSPS) is 13.9. The molecule has 0 heterocycles. The summed E-state index contributed by atoms with van der Waals surface area (Å²) in [5, 5.41) is 14.0. The van der Waals surface area contributed by atoms with E-state index in [1.54, 1.807) is 6.08 Å². The number of hydrogen-bond donors (Lipinski definition) is 2. The zero-order valence-corrected chi connectivity index (χ0v) is 58.2. The SMILES string of the molecule is CCCCCCC/C=C\C/C=C\CCCCCCCCCCCCCCCCCCCCCCCCCC(=O)NC(COP(=O)([O-])OCC[N+](C)(C)C)C(O)/C=C/CC/C=C/CC/C=C/CCCCCCCCCCCCCCCCCCCC. The fraction of sp³-hybridized carbons (Fsp3) is 0.855. The number of nitrogens with zero attached hydrogens (tertiary/aromatic N) is 1. The van der Waals surface area contributed by atoms with Crippen LogP contribution < -0.4 is 10.2 Å². The van der Waals surface area contributed by atoms with Crippen molar-refractivity contribution < 1.29 is 32.9 Å². The largest absolute Gasteiger partial charge is 0.756 e. The first kappa shape index (κ1) is 83.2. The third-order valence-corrected chi connectivity index (χ3v) is 17.9.